The van der Waals surface area contributed by atoms with Crippen molar-refractivity contribution < 1.29 is 5.11 Å². The number of anilines is 1. The summed E-state index contributed by atoms with van der Waals surface area (Å²) in [5, 5.41) is 30.3. The molecule has 0 heterocycles. The number of aliphatic hydroxyl groups excluding tert-OH is 1. The second-order valence-corrected chi connectivity index (χ2v) is 24.6. The summed E-state index contributed by atoms with van der Waals surface area (Å²) in [4.78, 5) is 1.52. The largest absolute Gasteiger partial charge is 0.393 e. The van der Waals surface area contributed by atoms with Gasteiger partial charge in [-0.3, -0.25) is 10.0 Å². The van der Waals surface area contributed by atoms with Crippen LogP contribution in [0.15, 0.2) is 97.1 Å². The zero-order valence-electron chi connectivity index (χ0n) is 52.0. The third kappa shape index (κ3) is 19.8. The van der Waals surface area contributed by atoms with Crippen molar-refractivity contribution in [1.82, 2.24) is 10.3 Å². The van der Waals surface area contributed by atoms with E-state index >= 15 is 0 Å². The fourth-order valence-electron chi connectivity index (χ4n) is 14.2. The lowest BCUT2D eigenvalue weighted by atomic mass is 9.53. The Hall–Kier alpha value is -4.18. The molecule has 5 nitrogen and oxygen atoms in total. The highest BCUT2D eigenvalue weighted by molar-refractivity contribution is 8.03. The van der Waals surface area contributed by atoms with E-state index in [-0.39, 0.29) is 18.9 Å². The smallest absolute Gasteiger partial charge is 0.106 e. The molecular formula is C72H118N4OS. The first-order valence-electron chi connectivity index (χ1n) is 30.4. The molecule has 4 fully saturated rings. The van der Waals surface area contributed by atoms with E-state index in [0.717, 1.165) is 137 Å². The van der Waals surface area contributed by atoms with E-state index in [1.165, 1.54) is 105 Å². The first kappa shape index (κ1) is 71.8. The maximum atomic E-state index is 10.4. The van der Waals surface area contributed by atoms with Crippen LogP contribution in [0.1, 0.15) is 207 Å². The van der Waals surface area contributed by atoms with Crippen molar-refractivity contribution in [3.05, 3.63) is 130 Å². The molecule has 6 rings (SSSR count). The molecule has 0 bridgehead atoms. The van der Waals surface area contributed by atoms with Gasteiger partial charge in [-0.05, 0) is 253 Å². The summed E-state index contributed by atoms with van der Waals surface area (Å²) in [6.07, 6.45) is 26.6. The first-order chi connectivity index (χ1) is 36.7. The topological polar surface area (TPSA) is 62.5 Å². The van der Waals surface area contributed by atoms with Gasteiger partial charge in [-0.15, -0.1) is 19.7 Å². The van der Waals surface area contributed by atoms with Crippen LogP contribution < -0.4 is 20.8 Å². The summed E-state index contributed by atoms with van der Waals surface area (Å²) < 4.78 is 0. The third-order valence-electron chi connectivity index (χ3n) is 18.2. The van der Waals surface area contributed by atoms with Crippen molar-refractivity contribution in [2.75, 3.05) is 25.1 Å². The zero-order chi connectivity index (χ0) is 58.2. The monoisotopic (exact) mass is 1090 g/mol. The van der Waals surface area contributed by atoms with Crippen molar-refractivity contribution >= 4 is 30.6 Å². The number of rotatable bonds is 23. The average Bonchev–Trinajstić information content (AvgIpc) is 3.94. The molecule has 4 aliphatic carbocycles. The summed E-state index contributed by atoms with van der Waals surface area (Å²) >= 11 is 1.43. The number of unbranched alkanes of at least 4 members (excludes halogenated alkanes) is 1. The Morgan fingerprint density at radius 1 is 0.795 bits per heavy atom. The Balaban J connectivity index is 0.00000258. The van der Waals surface area contributed by atoms with Crippen molar-refractivity contribution in [3.8, 4) is 6.07 Å². The SMILES string of the molecule is C.C=CC.C=CC.C=CC(CCCCNC(=C)CCCN(c1ccc(C)c(SC(=C)C#N)c1)N(C)C(=C)CC(C)(C)c1c(C)c(=C)c(C)c(C)c1=C)CCC(C)C1CCC2C1CCC1C3CCC(O)CC3CCC12.CC.CC. The molecule has 2 aromatic carbocycles. The molecule has 4 saturated carbocycles. The first-order valence-corrected chi connectivity index (χ1v) is 31.2. The fourth-order valence-corrected chi connectivity index (χ4v) is 14.9. The van der Waals surface area contributed by atoms with Crippen molar-refractivity contribution in [1.29, 1.82) is 5.26 Å². The van der Waals surface area contributed by atoms with Gasteiger partial charge in [0, 0.05) is 36.4 Å². The molecule has 0 amide bonds. The third-order valence-corrected chi connectivity index (χ3v) is 19.1. The summed E-state index contributed by atoms with van der Waals surface area (Å²) in [6, 6.07) is 8.70. The summed E-state index contributed by atoms with van der Waals surface area (Å²) in [7, 11) is 2.12. The minimum absolute atomic E-state index is 0. The lowest BCUT2D eigenvalue weighted by Crippen LogP contribution is -2.46. The number of allylic oxidation sites excluding steroid dienone is 6. The van der Waals surface area contributed by atoms with Crippen LogP contribution in [0.4, 0.5) is 5.69 Å². The molecule has 6 heteroatoms. The molecule has 0 saturated heterocycles. The molecule has 4 aliphatic rings. The van der Waals surface area contributed by atoms with E-state index in [4.69, 9.17) is 0 Å². The van der Waals surface area contributed by atoms with Crippen LogP contribution in [0, 0.1) is 92.3 Å². The lowest BCUT2D eigenvalue weighted by Gasteiger charge is -2.53. The van der Waals surface area contributed by atoms with Crippen LogP contribution in [0.25, 0.3) is 13.2 Å². The van der Waals surface area contributed by atoms with Gasteiger partial charge in [-0.25, -0.2) is 0 Å². The second kappa shape index (κ2) is 36.2. The van der Waals surface area contributed by atoms with Gasteiger partial charge in [0.1, 0.15) is 6.07 Å². The Morgan fingerprint density at radius 2 is 1.36 bits per heavy atom. The zero-order valence-corrected chi connectivity index (χ0v) is 52.8. The minimum atomic E-state index is -0.218. The molecule has 10 atom stereocenters. The van der Waals surface area contributed by atoms with Crippen molar-refractivity contribution in [2.45, 2.75) is 223 Å². The molecule has 0 aromatic heterocycles. The Kier molecular flexibility index (Phi) is 33.4. The number of aliphatic hydroxyl groups is 1. The van der Waals surface area contributed by atoms with Gasteiger partial charge in [-0.1, -0.05) is 131 Å². The number of hydrazine groups is 1. The standard InChI is InChI=1S/C61H90N4OS.2C3H6.2C2H6.CH4/c1-15-49(23-21-39(2)53-29-30-58-55(53)31-32-56-54-28-26-52(66)35-50(54)24-27-57(56)58)20-16-17-33-63-41(4)19-18-34-65(51-25-22-40(3)59(36-51)67-43(6)38-62)64(14)42(5)37-61(12,13)60-47(10)45(8)44(7)46(9)48(60)11;2*1-3-2;2*1-2;/h15,22,25,36,39,49-50,52-58,63,66H,1,4-6,8,11,16-21,23-24,26-35,37H2,2-3,7,9-10,12-14H3;2*3H,1H2,2H3;2*1-2H3;1H4. The number of nitrogens with zero attached hydrogens (tertiary/aromatic N) is 3. The van der Waals surface area contributed by atoms with Gasteiger partial charge in [0.15, 0.2) is 0 Å². The predicted molar refractivity (Wildman–Crippen MR) is 350 cm³/mol. The van der Waals surface area contributed by atoms with E-state index in [1.807, 2.05) is 41.5 Å². The summed E-state index contributed by atoms with van der Waals surface area (Å²) in [5.41, 5.74) is 8.98. The quantitative estimate of drug-likeness (QED) is 0.0380. The van der Waals surface area contributed by atoms with E-state index in [0.29, 0.717) is 10.8 Å². The number of benzene rings is 2. The van der Waals surface area contributed by atoms with Gasteiger partial charge in [0.25, 0.3) is 0 Å². The number of nitrogens with one attached hydrogen (secondary N) is 1. The van der Waals surface area contributed by atoms with Gasteiger partial charge < -0.3 is 10.4 Å². The fraction of sp³-hybridized carbons (Fsp3) is 0.625. The molecule has 0 radical (unpaired) electrons. The van der Waals surface area contributed by atoms with E-state index in [1.54, 1.807) is 12.2 Å². The molecule has 0 spiro atoms. The normalized spacial score (nSPS) is 22.3. The number of fused-ring (bicyclic) bond motifs is 5. The highest BCUT2D eigenvalue weighted by Gasteiger charge is 2.52. The van der Waals surface area contributed by atoms with E-state index < -0.39 is 0 Å². The maximum absolute atomic E-state index is 10.4. The lowest BCUT2D eigenvalue weighted by molar-refractivity contribution is -0.0519. The van der Waals surface area contributed by atoms with Crippen LogP contribution in [-0.4, -0.2) is 36.4 Å². The number of hydrogen-bond acceptors (Lipinski definition) is 6. The second-order valence-electron chi connectivity index (χ2n) is 23.5. The van der Waals surface area contributed by atoms with Crippen LogP contribution in [0.5, 0.6) is 0 Å². The Bertz CT molecular complexity index is 2330. The molecule has 438 valence electrons. The van der Waals surface area contributed by atoms with Crippen LogP contribution >= 0.6 is 11.8 Å². The highest BCUT2D eigenvalue weighted by atomic mass is 32.2. The molecule has 0 aliphatic heterocycles. The predicted octanol–water partition coefficient (Wildman–Crippen LogP) is 19.0. The van der Waals surface area contributed by atoms with Crippen LogP contribution in [0.3, 0.4) is 0 Å². The average molecular weight is 1090 g/mol. The molecule has 10 unspecified atom stereocenters. The van der Waals surface area contributed by atoms with Gasteiger partial charge in [-0.2, -0.15) is 5.26 Å². The maximum Gasteiger partial charge on any atom is 0.106 e. The summed E-state index contributed by atoms with van der Waals surface area (Å²) in [6.45, 7) is 62.4. The minimum Gasteiger partial charge on any atom is -0.393 e. The highest BCUT2D eigenvalue weighted by Crippen LogP contribution is 2.60. The van der Waals surface area contributed by atoms with Crippen LogP contribution in [0.2, 0.25) is 0 Å². The van der Waals surface area contributed by atoms with Gasteiger partial charge in [0.05, 0.1) is 16.7 Å². The van der Waals surface area contributed by atoms with Gasteiger partial charge in [0.2, 0.25) is 0 Å². The van der Waals surface area contributed by atoms with Crippen LogP contribution in [-0.2, 0) is 5.41 Å². The number of aryl methyl sites for hydroxylation is 1. The molecule has 2 N–H and O–H groups in total. The molecular weight excluding hydrogens is 969 g/mol. The number of thioether (sulfide) groups is 1. The Morgan fingerprint density at radius 3 is 1.99 bits per heavy atom. The number of hydrogen-bond donors (Lipinski definition) is 2. The Labute approximate surface area is 486 Å². The van der Waals surface area contributed by atoms with Crippen molar-refractivity contribution in [2.24, 2.45) is 53.3 Å². The number of nitriles is 1. The molecule has 2 aromatic rings. The van der Waals surface area contributed by atoms with E-state index in [9.17, 15) is 10.4 Å². The molecule has 78 heavy (non-hydrogen) atoms. The van der Waals surface area contributed by atoms with E-state index in [2.05, 4.69) is 154 Å². The van der Waals surface area contributed by atoms with Gasteiger partial charge >= 0.3 is 0 Å². The summed E-state index contributed by atoms with van der Waals surface area (Å²) in [5.74, 6) is 7.91. The van der Waals surface area contributed by atoms with Crippen molar-refractivity contribution in [3.63, 3.8) is 0 Å².